The minimum Gasteiger partial charge on any atom is -0.357 e. The molecule has 4 rings (SSSR count). The lowest BCUT2D eigenvalue weighted by molar-refractivity contribution is 0.101. The average Bonchev–Trinajstić information content (AvgIpc) is 3.33. The summed E-state index contributed by atoms with van der Waals surface area (Å²) in [6.07, 6.45) is 1.64. The average molecular weight is 493 g/mol. The fourth-order valence-corrected chi connectivity index (χ4v) is 4.43. The first-order valence-electron chi connectivity index (χ1n) is 9.73. The number of benzene rings is 2. The molecule has 0 saturated carbocycles. The highest BCUT2D eigenvalue weighted by molar-refractivity contribution is 9.10. The molecule has 0 aliphatic heterocycles. The second-order valence-electron chi connectivity index (χ2n) is 7.25. The van der Waals surface area contributed by atoms with E-state index in [1.165, 1.54) is 16.9 Å². The van der Waals surface area contributed by atoms with Crippen LogP contribution in [0.4, 0.5) is 0 Å². The Balaban J connectivity index is 1.78. The molecule has 0 unspecified atom stereocenters. The first-order valence-corrected chi connectivity index (χ1v) is 11.4. The van der Waals surface area contributed by atoms with E-state index in [1.54, 1.807) is 19.2 Å². The van der Waals surface area contributed by atoms with E-state index < -0.39 is 0 Å². The molecule has 7 heteroatoms. The van der Waals surface area contributed by atoms with E-state index in [-0.39, 0.29) is 5.78 Å². The van der Waals surface area contributed by atoms with Gasteiger partial charge in [-0.25, -0.2) is 0 Å². The van der Waals surface area contributed by atoms with E-state index in [4.69, 9.17) is 0 Å². The van der Waals surface area contributed by atoms with E-state index in [9.17, 15) is 4.79 Å². The van der Waals surface area contributed by atoms with Crippen molar-refractivity contribution in [1.82, 2.24) is 9.55 Å². The number of hydrogen-bond donors (Lipinski definition) is 1. The maximum atomic E-state index is 11.7. The monoisotopic (exact) mass is 492 g/mol. The van der Waals surface area contributed by atoms with Gasteiger partial charge in [-0.1, -0.05) is 45.8 Å². The predicted molar refractivity (Wildman–Crippen MR) is 130 cm³/mol. The van der Waals surface area contributed by atoms with Crippen LogP contribution in [0.25, 0.3) is 16.9 Å². The molecular formula is C24H21BrN4OS. The quantitative estimate of drug-likeness (QED) is 0.205. The number of carbonyl (C=O) groups is 1. The summed E-state index contributed by atoms with van der Waals surface area (Å²) >= 11 is 5.03. The van der Waals surface area contributed by atoms with Crippen molar-refractivity contribution in [3.63, 3.8) is 0 Å². The van der Waals surface area contributed by atoms with Gasteiger partial charge in [0.05, 0.1) is 17.6 Å². The van der Waals surface area contributed by atoms with E-state index in [2.05, 4.69) is 84.4 Å². The van der Waals surface area contributed by atoms with Gasteiger partial charge < -0.3 is 4.98 Å². The number of Topliss-reactive ketones (excluding diaryl/α,β-unsaturated/α-hetero) is 1. The summed E-state index contributed by atoms with van der Waals surface area (Å²) in [5.41, 5.74) is 6.61. The SMILES string of the molecule is CC(=O)c1cc(/C=N/N=c2/scc(-c3ccc(Br)cc3)n2-c2ccc(C)cc2)[nH]c1C. The van der Waals surface area contributed by atoms with Crippen LogP contribution in [0.1, 0.15) is 34.2 Å². The van der Waals surface area contributed by atoms with E-state index >= 15 is 0 Å². The van der Waals surface area contributed by atoms with Gasteiger partial charge in [-0.2, -0.15) is 5.10 Å². The summed E-state index contributed by atoms with van der Waals surface area (Å²) in [5, 5.41) is 10.9. The highest BCUT2D eigenvalue weighted by atomic mass is 79.9. The van der Waals surface area contributed by atoms with Crippen LogP contribution in [0.2, 0.25) is 0 Å². The summed E-state index contributed by atoms with van der Waals surface area (Å²) < 4.78 is 3.14. The van der Waals surface area contributed by atoms with Gasteiger partial charge in [-0.3, -0.25) is 9.36 Å². The first kappa shape index (κ1) is 21.2. The Kier molecular flexibility index (Phi) is 6.15. The molecule has 1 N–H and O–H groups in total. The van der Waals surface area contributed by atoms with Crippen molar-refractivity contribution in [2.24, 2.45) is 10.2 Å². The van der Waals surface area contributed by atoms with Crippen LogP contribution < -0.4 is 4.80 Å². The number of aromatic amines is 1. The van der Waals surface area contributed by atoms with Crippen LogP contribution in [0.5, 0.6) is 0 Å². The van der Waals surface area contributed by atoms with Gasteiger partial charge in [0.15, 0.2) is 5.78 Å². The Morgan fingerprint density at radius 3 is 2.45 bits per heavy atom. The van der Waals surface area contributed by atoms with Crippen molar-refractivity contribution in [3.8, 4) is 16.9 Å². The number of rotatable bonds is 5. The van der Waals surface area contributed by atoms with Crippen LogP contribution in [0.15, 0.2) is 74.7 Å². The lowest BCUT2D eigenvalue weighted by Crippen LogP contribution is -2.13. The third-order valence-corrected chi connectivity index (χ3v) is 6.24. The van der Waals surface area contributed by atoms with Gasteiger partial charge in [0.25, 0.3) is 0 Å². The highest BCUT2D eigenvalue weighted by Crippen LogP contribution is 2.25. The second kappa shape index (κ2) is 8.99. The minimum absolute atomic E-state index is 0.0277. The Morgan fingerprint density at radius 1 is 1.10 bits per heavy atom. The molecule has 2 heterocycles. The largest absolute Gasteiger partial charge is 0.357 e. The standard InChI is InChI=1S/C24H21BrN4OS/c1-15-4-10-21(11-5-15)29-23(18-6-8-19(25)9-7-18)14-31-24(29)28-26-13-20-12-22(17(3)30)16(2)27-20/h4-14,27H,1-3H3/b26-13+,28-24+. The molecule has 4 aromatic rings. The molecule has 5 nitrogen and oxygen atoms in total. The number of thiazole rings is 1. The molecule has 0 saturated heterocycles. The zero-order valence-electron chi connectivity index (χ0n) is 17.4. The molecule has 0 spiro atoms. The molecule has 156 valence electrons. The summed E-state index contributed by atoms with van der Waals surface area (Å²) in [4.78, 5) is 15.6. The summed E-state index contributed by atoms with van der Waals surface area (Å²) in [6.45, 7) is 5.50. The lowest BCUT2D eigenvalue weighted by atomic mass is 10.1. The number of nitrogens with zero attached hydrogens (tertiary/aromatic N) is 3. The number of H-pyrrole nitrogens is 1. The number of carbonyl (C=O) groups excluding carboxylic acids is 1. The van der Waals surface area contributed by atoms with Gasteiger partial charge in [0, 0.05) is 26.8 Å². The van der Waals surface area contributed by atoms with E-state index in [1.807, 2.05) is 19.1 Å². The van der Waals surface area contributed by atoms with Crippen LogP contribution in [-0.2, 0) is 0 Å². The van der Waals surface area contributed by atoms with Gasteiger partial charge in [0.2, 0.25) is 4.80 Å². The van der Waals surface area contributed by atoms with Crippen molar-refractivity contribution >= 4 is 39.3 Å². The van der Waals surface area contributed by atoms with Gasteiger partial charge in [-0.15, -0.1) is 16.4 Å². The van der Waals surface area contributed by atoms with E-state index in [0.717, 1.165) is 37.6 Å². The number of ketones is 1. The van der Waals surface area contributed by atoms with Crippen molar-refractivity contribution < 1.29 is 4.79 Å². The normalized spacial score (nSPS) is 12.1. The van der Waals surface area contributed by atoms with Gasteiger partial charge >= 0.3 is 0 Å². The minimum atomic E-state index is 0.0277. The third kappa shape index (κ3) is 4.68. The molecule has 2 aromatic heterocycles. The molecule has 0 amide bonds. The molecule has 0 aliphatic rings. The molecule has 0 radical (unpaired) electrons. The Hall–Kier alpha value is -3.03. The summed E-state index contributed by atoms with van der Waals surface area (Å²) in [5.74, 6) is 0.0277. The molecule has 0 atom stereocenters. The van der Waals surface area contributed by atoms with Crippen molar-refractivity contribution in [2.45, 2.75) is 20.8 Å². The Labute approximate surface area is 192 Å². The van der Waals surface area contributed by atoms with Gasteiger partial charge in [0.1, 0.15) is 0 Å². The molecule has 2 aromatic carbocycles. The predicted octanol–water partition coefficient (Wildman–Crippen LogP) is 6.05. The zero-order chi connectivity index (χ0) is 22.0. The van der Waals surface area contributed by atoms with Crippen LogP contribution in [-0.4, -0.2) is 21.5 Å². The highest BCUT2D eigenvalue weighted by Gasteiger charge is 2.11. The number of hydrogen-bond acceptors (Lipinski definition) is 4. The Bertz CT molecular complexity index is 1330. The third-order valence-electron chi connectivity index (χ3n) is 4.90. The van der Waals surface area contributed by atoms with Crippen LogP contribution in [0, 0.1) is 13.8 Å². The fourth-order valence-electron chi connectivity index (χ4n) is 3.31. The van der Waals surface area contributed by atoms with Crippen molar-refractivity contribution in [3.05, 3.63) is 91.8 Å². The summed E-state index contributed by atoms with van der Waals surface area (Å²) in [7, 11) is 0. The van der Waals surface area contributed by atoms with Crippen LogP contribution in [0.3, 0.4) is 0 Å². The first-order chi connectivity index (χ1) is 14.9. The molecule has 0 fully saturated rings. The topological polar surface area (TPSA) is 62.5 Å². The number of nitrogens with one attached hydrogen (secondary N) is 1. The number of aromatic nitrogens is 2. The maximum absolute atomic E-state index is 11.7. The van der Waals surface area contributed by atoms with Crippen LogP contribution >= 0.6 is 27.3 Å². The van der Waals surface area contributed by atoms with Crippen molar-refractivity contribution in [1.29, 1.82) is 0 Å². The lowest BCUT2D eigenvalue weighted by Gasteiger charge is -2.09. The molecule has 31 heavy (non-hydrogen) atoms. The molecular weight excluding hydrogens is 472 g/mol. The second-order valence-corrected chi connectivity index (χ2v) is 9.00. The van der Waals surface area contributed by atoms with E-state index in [0.29, 0.717) is 5.56 Å². The molecule has 0 bridgehead atoms. The fraction of sp³-hybridized carbons (Fsp3) is 0.125. The number of aryl methyl sites for hydroxylation is 2. The zero-order valence-corrected chi connectivity index (χ0v) is 19.8. The van der Waals surface area contributed by atoms with Crippen molar-refractivity contribution in [2.75, 3.05) is 0 Å². The van der Waals surface area contributed by atoms with Gasteiger partial charge in [-0.05, 0) is 56.7 Å². The smallest absolute Gasteiger partial charge is 0.215 e. The molecule has 0 aliphatic carbocycles. The summed E-state index contributed by atoms with van der Waals surface area (Å²) in [6, 6.07) is 18.4. The maximum Gasteiger partial charge on any atom is 0.215 e. The Morgan fingerprint density at radius 2 is 1.81 bits per heavy atom. The number of halogens is 1.